The molecule has 1 nitrogen and oxygen atoms in total. The summed E-state index contributed by atoms with van der Waals surface area (Å²) in [7, 11) is 0. The van der Waals surface area contributed by atoms with Gasteiger partial charge < -0.3 is 4.74 Å². The number of ether oxygens (including phenoxy) is 1. The third-order valence-corrected chi connectivity index (χ3v) is 2.10. The minimum Gasteiger partial charge on any atom is -0.373 e. The van der Waals surface area contributed by atoms with E-state index in [-0.39, 0.29) is 6.10 Å². The van der Waals surface area contributed by atoms with Gasteiger partial charge in [-0.2, -0.15) is 0 Å². The van der Waals surface area contributed by atoms with E-state index in [0.29, 0.717) is 0 Å². The molecule has 62 valence electrons. The van der Waals surface area contributed by atoms with Crippen molar-refractivity contribution in [1.29, 1.82) is 0 Å². The normalized spacial score (nSPS) is 23.8. The van der Waals surface area contributed by atoms with Gasteiger partial charge in [0.05, 0.1) is 6.10 Å². The summed E-state index contributed by atoms with van der Waals surface area (Å²) >= 11 is 0. The monoisotopic (exact) mass is 160 g/mol. The fourth-order valence-electron chi connectivity index (χ4n) is 1.45. The van der Waals surface area contributed by atoms with Crippen LogP contribution in [0.5, 0.6) is 0 Å². The summed E-state index contributed by atoms with van der Waals surface area (Å²) in [4.78, 5) is 0. The first kappa shape index (κ1) is 7.81. The number of benzene rings is 1. The van der Waals surface area contributed by atoms with E-state index in [9.17, 15) is 0 Å². The highest BCUT2D eigenvalue weighted by molar-refractivity contribution is 5.18. The van der Waals surface area contributed by atoms with Crippen LogP contribution in [0.25, 0.3) is 0 Å². The number of hydrogen-bond acceptors (Lipinski definition) is 1. The molecule has 2 radical (unpaired) electrons. The summed E-state index contributed by atoms with van der Waals surface area (Å²) in [6.45, 7) is 0.819. The summed E-state index contributed by atoms with van der Waals surface area (Å²) in [6.07, 6.45) is 5.47. The van der Waals surface area contributed by atoms with Gasteiger partial charge in [-0.25, -0.2) is 0 Å². The van der Waals surface area contributed by atoms with Crippen LogP contribution in [0.2, 0.25) is 0 Å². The van der Waals surface area contributed by atoms with E-state index in [0.717, 1.165) is 19.4 Å². The van der Waals surface area contributed by atoms with Crippen molar-refractivity contribution >= 4 is 0 Å². The molecule has 2 rings (SSSR count). The average Bonchev–Trinajstić information content (AvgIpc) is 2.21. The molecule has 0 aliphatic carbocycles. The zero-order valence-electron chi connectivity index (χ0n) is 6.99. The van der Waals surface area contributed by atoms with E-state index >= 15 is 0 Å². The maximum Gasteiger partial charge on any atom is 0.0830 e. The van der Waals surface area contributed by atoms with Crippen molar-refractivity contribution in [2.45, 2.75) is 18.9 Å². The van der Waals surface area contributed by atoms with Crippen LogP contribution in [0.3, 0.4) is 0 Å². The summed E-state index contributed by atoms with van der Waals surface area (Å²) in [5.41, 5.74) is 1.27. The van der Waals surface area contributed by atoms with E-state index in [2.05, 4.69) is 18.6 Å². The number of rotatable bonds is 1. The lowest BCUT2D eigenvalue weighted by molar-refractivity contribution is 0.0331. The van der Waals surface area contributed by atoms with Gasteiger partial charge in [0, 0.05) is 6.61 Å². The van der Waals surface area contributed by atoms with Crippen molar-refractivity contribution in [3.63, 3.8) is 0 Å². The molecule has 0 spiro atoms. The topological polar surface area (TPSA) is 9.23 Å². The first-order chi connectivity index (χ1) is 5.97. The number of hydrogen-bond donors (Lipinski definition) is 0. The fourth-order valence-corrected chi connectivity index (χ4v) is 1.45. The zero-order chi connectivity index (χ0) is 8.23. The molecule has 1 aliphatic heterocycles. The lowest BCUT2D eigenvalue weighted by Crippen LogP contribution is -2.11. The molecule has 0 amide bonds. The molecular weight excluding hydrogens is 148 g/mol. The molecule has 1 aromatic carbocycles. The molecule has 1 unspecified atom stereocenters. The largest absolute Gasteiger partial charge is 0.373 e. The van der Waals surface area contributed by atoms with Crippen LogP contribution in [0, 0.1) is 6.42 Å². The molecule has 1 aromatic rings. The predicted octanol–water partition coefficient (Wildman–Crippen LogP) is 2.62. The lowest BCUT2D eigenvalue weighted by Gasteiger charge is -2.22. The van der Waals surface area contributed by atoms with Crippen LogP contribution >= 0.6 is 0 Å². The smallest absolute Gasteiger partial charge is 0.0830 e. The Labute approximate surface area is 73.4 Å². The van der Waals surface area contributed by atoms with Crippen LogP contribution in [-0.2, 0) is 4.74 Å². The Kier molecular flexibility index (Phi) is 2.42. The standard InChI is InChI=1S/C11H12O/c1-2-6-10(7-3-1)11-8-4-5-9-12-11/h1-3,6-7,11H,5,8-9H2. The Morgan fingerprint density at radius 1 is 1.25 bits per heavy atom. The second-order valence-electron chi connectivity index (χ2n) is 2.97. The van der Waals surface area contributed by atoms with E-state index in [4.69, 9.17) is 4.74 Å². The predicted molar refractivity (Wildman–Crippen MR) is 47.6 cm³/mol. The van der Waals surface area contributed by atoms with E-state index in [1.165, 1.54) is 5.56 Å². The van der Waals surface area contributed by atoms with Crippen molar-refractivity contribution in [2.24, 2.45) is 0 Å². The van der Waals surface area contributed by atoms with Crippen LogP contribution in [0.4, 0.5) is 0 Å². The third kappa shape index (κ3) is 1.67. The summed E-state index contributed by atoms with van der Waals surface area (Å²) in [5, 5.41) is 0. The molecule has 1 heterocycles. The SMILES string of the molecule is [C]1CCOC(c2ccccc2)C1. The molecule has 0 saturated carbocycles. The Bertz CT molecular complexity index is 224. The average molecular weight is 160 g/mol. The van der Waals surface area contributed by atoms with Gasteiger partial charge in [-0.1, -0.05) is 30.3 Å². The molecule has 1 saturated heterocycles. The van der Waals surface area contributed by atoms with Gasteiger partial charge in [0.2, 0.25) is 0 Å². The van der Waals surface area contributed by atoms with Crippen molar-refractivity contribution < 1.29 is 4.74 Å². The van der Waals surface area contributed by atoms with Crippen LogP contribution in [0.1, 0.15) is 24.5 Å². The minimum absolute atomic E-state index is 0.250. The molecule has 1 fully saturated rings. The Balaban J connectivity index is 2.08. The first-order valence-corrected chi connectivity index (χ1v) is 4.34. The van der Waals surface area contributed by atoms with E-state index in [1.807, 2.05) is 18.2 Å². The molecule has 0 N–H and O–H groups in total. The second-order valence-corrected chi connectivity index (χ2v) is 2.97. The molecule has 12 heavy (non-hydrogen) atoms. The Morgan fingerprint density at radius 2 is 2.08 bits per heavy atom. The third-order valence-electron chi connectivity index (χ3n) is 2.10. The van der Waals surface area contributed by atoms with Crippen LogP contribution in [0.15, 0.2) is 30.3 Å². The van der Waals surface area contributed by atoms with Gasteiger partial charge in [-0.05, 0) is 24.8 Å². The molecule has 1 atom stereocenters. The minimum atomic E-state index is 0.250. The van der Waals surface area contributed by atoms with Gasteiger partial charge in [-0.15, -0.1) is 0 Å². The Morgan fingerprint density at radius 3 is 2.75 bits per heavy atom. The molecule has 1 heteroatoms. The molecule has 1 aliphatic rings. The van der Waals surface area contributed by atoms with Crippen molar-refractivity contribution in [1.82, 2.24) is 0 Å². The van der Waals surface area contributed by atoms with Crippen LogP contribution < -0.4 is 0 Å². The lowest BCUT2D eigenvalue weighted by atomic mass is 10.0. The van der Waals surface area contributed by atoms with Gasteiger partial charge >= 0.3 is 0 Å². The molecule has 0 aromatic heterocycles. The molecule has 0 bridgehead atoms. The summed E-state index contributed by atoms with van der Waals surface area (Å²) in [5.74, 6) is 0. The fraction of sp³-hybridized carbons (Fsp3) is 0.364. The first-order valence-electron chi connectivity index (χ1n) is 4.34. The zero-order valence-corrected chi connectivity index (χ0v) is 6.99. The second kappa shape index (κ2) is 3.72. The van der Waals surface area contributed by atoms with E-state index in [1.54, 1.807) is 0 Å². The maximum absolute atomic E-state index is 5.60. The highest BCUT2D eigenvalue weighted by Gasteiger charge is 2.15. The van der Waals surface area contributed by atoms with Gasteiger partial charge in [-0.3, -0.25) is 0 Å². The maximum atomic E-state index is 5.60. The van der Waals surface area contributed by atoms with Crippen molar-refractivity contribution in [3.05, 3.63) is 42.3 Å². The summed E-state index contributed by atoms with van der Waals surface area (Å²) in [6, 6.07) is 10.3. The molecular formula is C11H12O. The van der Waals surface area contributed by atoms with Gasteiger partial charge in [0.1, 0.15) is 0 Å². The van der Waals surface area contributed by atoms with Crippen molar-refractivity contribution in [3.8, 4) is 0 Å². The highest BCUT2D eigenvalue weighted by Crippen LogP contribution is 2.26. The van der Waals surface area contributed by atoms with Gasteiger partial charge in [0.15, 0.2) is 0 Å². The van der Waals surface area contributed by atoms with E-state index < -0.39 is 0 Å². The quantitative estimate of drug-likeness (QED) is 0.613. The van der Waals surface area contributed by atoms with Crippen molar-refractivity contribution in [2.75, 3.05) is 6.61 Å². The summed E-state index contributed by atoms with van der Waals surface area (Å²) < 4.78 is 5.60. The Hall–Kier alpha value is -0.820. The van der Waals surface area contributed by atoms with Crippen LogP contribution in [-0.4, -0.2) is 6.61 Å². The van der Waals surface area contributed by atoms with Gasteiger partial charge in [0.25, 0.3) is 0 Å². The highest BCUT2D eigenvalue weighted by atomic mass is 16.5.